The van der Waals surface area contributed by atoms with Crippen LogP contribution in [0, 0.1) is 5.92 Å². The summed E-state index contributed by atoms with van der Waals surface area (Å²) in [6.07, 6.45) is 1.12. The number of anilines is 1. The van der Waals surface area contributed by atoms with Crippen LogP contribution in [0.2, 0.25) is 0 Å². The molecule has 160 valence electrons. The molecule has 1 saturated heterocycles. The third-order valence-electron chi connectivity index (χ3n) is 5.83. The fraction of sp³-hybridized carbons (Fsp3) is 0.333. The number of benzene rings is 2. The van der Waals surface area contributed by atoms with Gasteiger partial charge in [-0.05, 0) is 43.2 Å². The van der Waals surface area contributed by atoms with E-state index in [0.29, 0.717) is 29.8 Å². The van der Waals surface area contributed by atoms with E-state index in [2.05, 4.69) is 16.9 Å². The first-order valence-electron chi connectivity index (χ1n) is 10.7. The zero-order chi connectivity index (χ0) is 22.0. The monoisotopic (exact) mass is 418 g/mol. The van der Waals surface area contributed by atoms with Gasteiger partial charge in [0.15, 0.2) is 0 Å². The normalized spacial score (nSPS) is 16.1. The molecule has 0 saturated carbocycles. The Hall–Kier alpha value is -3.48. The number of hydrogen-bond acceptors (Lipinski definition) is 4. The fourth-order valence-electron chi connectivity index (χ4n) is 4.03. The molecule has 4 rings (SSSR count). The van der Waals surface area contributed by atoms with Crippen LogP contribution < -0.4 is 10.5 Å². The van der Waals surface area contributed by atoms with Crippen LogP contribution >= 0.6 is 0 Å². The first-order valence-corrected chi connectivity index (χ1v) is 10.7. The standard InChI is InChI=1S/C24H26N4O3/c1-3-16-9-11-18(12-10-16)28-14-17(13-22(28)29)24(31)27(4-2)15-21-25-20-8-6-5-7-19(20)23(30)26-21/h5-12,17H,3-4,13-15H2,1-2H3,(H,25,26,30)/t17-/m1/s1. The number of amides is 2. The number of aromatic amines is 1. The highest BCUT2D eigenvalue weighted by molar-refractivity contribution is 6.00. The van der Waals surface area contributed by atoms with E-state index in [1.54, 1.807) is 28.0 Å². The molecule has 0 radical (unpaired) electrons. The molecule has 1 aliphatic heterocycles. The Labute approximate surface area is 180 Å². The minimum absolute atomic E-state index is 0.0455. The SMILES string of the molecule is CCc1ccc(N2C[C@H](C(=O)N(CC)Cc3nc4ccccc4c(=O)[nH]3)CC2=O)cc1. The number of hydrogen-bond donors (Lipinski definition) is 1. The van der Waals surface area contributed by atoms with Crippen LogP contribution in [-0.4, -0.2) is 39.8 Å². The number of para-hydroxylation sites is 1. The van der Waals surface area contributed by atoms with Crippen molar-refractivity contribution in [3.63, 3.8) is 0 Å². The zero-order valence-corrected chi connectivity index (χ0v) is 17.8. The summed E-state index contributed by atoms with van der Waals surface area (Å²) in [7, 11) is 0. The topological polar surface area (TPSA) is 86.4 Å². The second kappa shape index (κ2) is 8.71. The summed E-state index contributed by atoms with van der Waals surface area (Å²) < 4.78 is 0. The van der Waals surface area contributed by atoms with Gasteiger partial charge >= 0.3 is 0 Å². The van der Waals surface area contributed by atoms with E-state index in [-0.39, 0.29) is 30.3 Å². The van der Waals surface area contributed by atoms with Gasteiger partial charge in [0.2, 0.25) is 11.8 Å². The number of aromatic nitrogens is 2. The van der Waals surface area contributed by atoms with E-state index in [0.717, 1.165) is 12.1 Å². The van der Waals surface area contributed by atoms with Crippen LogP contribution in [0.15, 0.2) is 53.3 Å². The molecule has 0 unspecified atom stereocenters. The summed E-state index contributed by atoms with van der Waals surface area (Å²) in [6.45, 7) is 4.99. The summed E-state index contributed by atoms with van der Waals surface area (Å²) in [6, 6.07) is 15.0. The smallest absolute Gasteiger partial charge is 0.258 e. The van der Waals surface area contributed by atoms with Gasteiger partial charge in [0.05, 0.1) is 23.4 Å². The van der Waals surface area contributed by atoms with Gasteiger partial charge < -0.3 is 14.8 Å². The van der Waals surface area contributed by atoms with Crippen LogP contribution in [-0.2, 0) is 22.6 Å². The lowest BCUT2D eigenvalue weighted by atomic mass is 10.1. The molecule has 1 aromatic heterocycles. The third kappa shape index (κ3) is 4.21. The lowest BCUT2D eigenvalue weighted by molar-refractivity contribution is -0.136. The largest absolute Gasteiger partial charge is 0.335 e. The number of H-pyrrole nitrogens is 1. The van der Waals surface area contributed by atoms with Crippen molar-refractivity contribution < 1.29 is 9.59 Å². The van der Waals surface area contributed by atoms with Gasteiger partial charge in [0.25, 0.3) is 5.56 Å². The molecule has 0 bridgehead atoms. The molecule has 0 spiro atoms. The number of aryl methyl sites for hydroxylation is 1. The minimum Gasteiger partial charge on any atom is -0.335 e. The summed E-state index contributed by atoms with van der Waals surface area (Å²) in [5.41, 5.74) is 2.41. The second-order valence-corrected chi connectivity index (χ2v) is 7.81. The Balaban J connectivity index is 1.50. The van der Waals surface area contributed by atoms with Gasteiger partial charge in [-0.3, -0.25) is 14.4 Å². The second-order valence-electron chi connectivity index (χ2n) is 7.81. The molecular formula is C24H26N4O3. The van der Waals surface area contributed by atoms with Crippen molar-refractivity contribution in [1.82, 2.24) is 14.9 Å². The van der Waals surface area contributed by atoms with Gasteiger partial charge in [-0.2, -0.15) is 0 Å². The molecule has 2 heterocycles. The van der Waals surface area contributed by atoms with Crippen molar-refractivity contribution in [2.24, 2.45) is 5.92 Å². The summed E-state index contributed by atoms with van der Waals surface area (Å²) in [5, 5.41) is 0.520. The van der Waals surface area contributed by atoms with Crippen molar-refractivity contribution in [2.45, 2.75) is 33.2 Å². The molecule has 7 heteroatoms. The summed E-state index contributed by atoms with van der Waals surface area (Å²) in [4.78, 5) is 48.7. The van der Waals surface area contributed by atoms with Crippen molar-refractivity contribution in [3.05, 3.63) is 70.3 Å². The number of nitrogens with zero attached hydrogens (tertiary/aromatic N) is 3. The molecule has 2 aromatic carbocycles. The fourth-order valence-corrected chi connectivity index (χ4v) is 4.03. The predicted octanol–water partition coefficient (Wildman–Crippen LogP) is 2.89. The van der Waals surface area contributed by atoms with E-state index in [1.807, 2.05) is 37.3 Å². The Morgan fingerprint density at radius 3 is 2.58 bits per heavy atom. The Bertz CT molecular complexity index is 1170. The molecule has 1 aliphatic rings. The first kappa shape index (κ1) is 20.8. The molecular weight excluding hydrogens is 392 g/mol. The van der Waals surface area contributed by atoms with Crippen LogP contribution in [0.25, 0.3) is 10.9 Å². The molecule has 7 nitrogen and oxygen atoms in total. The van der Waals surface area contributed by atoms with E-state index in [1.165, 1.54) is 5.56 Å². The number of carbonyl (C=O) groups is 2. The van der Waals surface area contributed by atoms with Crippen LogP contribution in [0.1, 0.15) is 31.7 Å². The summed E-state index contributed by atoms with van der Waals surface area (Å²) >= 11 is 0. The van der Waals surface area contributed by atoms with Crippen molar-refractivity contribution >= 4 is 28.4 Å². The molecule has 1 N–H and O–H groups in total. The number of nitrogens with one attached hydrogen (secondary N) is 1. The van der Waals surface area contributed by atoms with Crippen molar-refractivity contribution in [3.8, 4) is 0 Å². The molecule has 31 heavy (non-hydrogen) atoms. The highest BCUT2D eigenvalue weighted by Gasteiger charge is 2.37. The average molecular weight is 418 g/mol. The maximum Gasteiger partial charge on any atom is 0.258 e. The van der Waals surface area contributed by atoms with E-state index < -0.39 is 5.92 Å². The molecule has 3 aromatic rings. The van der Waals surface area contributed by atoms with E-state index in [9.17, 15) is 14.4 Å². The summed E-state index contributed by atoms with van der Waals surface area (Å²) in [5.74, 6) is -0.115. The lowest BCUT2D eigenvalue weighted by Gasteiger charge is -2.24. The molecule has 2 amide bonds. The highest BCUT2D eigenvalue weighted by Crippen LogP contribution is 2.27. The maximum atomic E-state index is 13.2. The van der Waals surface area contributed by atoms with E-state index in [4.69, 9.17) is 0 Å². The quantitative estimate of drug-likeness (QED) is 0.667. The number of carbonyl (C=O) groups excluding carboxylic acids is 2. The van der Waals surface area contributed by atoms with E-state index >= 15 is 0 Å². The minimum atomic E-state index is -0.412. The van der Waals surface area contributed by atoms with Gasteiger partial charge in [0, 0.05) is 25.2 Å². The number of rotatable bonds is 6. The Morgan fingerprint density at radius 2 is 1.87 bits per heavy atom. The Kier molecular flexibility index (Phi) is 5.84. The van der Waals surface area contributed by atoms with Crippen LogP contribution in [0.4, 0.5) is 5.69 Å². The zero-order valence-electron chi connectivity index (χ0n) is 17.8. The van der Waals surface area contributed by atoms with Gasteiger partial charge in [-0.1, -0.05) is 31.2 Å². The Morgan fingerprint density at radius 1 is 1.13 bits per heavy atom. The third-order valence-corrected chi connectivity index (χ3v) is 5.83. The molecule has 1 atom stereocenters. The average Bonchev–Trinajstić information content (AvgIpc) is 3.18. The highest BCUT2D eigenvalue weighted by atomic mass is 16.2. The van der Waals surface area contributed by atoms with Gasteiger partial charge in [-0.15, -0.1) is 0 Å². The predicted molar refractivity (Wildman–Crippen MR) is 120 cm³/mol. The first-order chi connectivity index (χ1) is 15.0. The van der Waals surface area contributed by atoms with Crippen LogP contribution in [0.5, 0.6) is 0 Å². The van der Waals surface area contributed by atoms with Gasteiger partial charge in [-0.25, -0.2) is 4.98 Å². The van der Waals surface area contributed by atoms with Crippen molar-refractivity contribution in [1.29, 1.82) is 0 Å². The maximum absolute atomic E-state index is 13.2. The molecule has 1 fully saturated rings. The molecule has 0 aliphatic carbocycles. The van der Waals surface area contributed by atoms with Crippen molar-refractivity contribution in [2.75, 3.05) is 18.0 Å². The number of fused-ring (bicyclic) bond motifs is 1. The lowest BCUT2D eigenvalue weighted by Crippen LogP contribution is -2.37. The van der Waals surface area contributed by atoms with Crippen LogP contribution in [0.3, 0.4) is 0 Å². The van der Waals surface area contributed by atoms with Gasteiger partial charge in [0.1, 0.15) is 5.82 Å².